The SMILES string of the molecule is Cc1cc(C[C@H](NS(=O)(=O)c2ccccc2)c2nc3ccccc3[nH]2)ccc1[C@@H]1CC(=O)NS1(O)O. The lowest BCUT2D eigenvalue weighted by Gasteiger charge is -2.33. The van der Waals surface area contributed by atoms with E-state index in [9.17, 15) is 22.3 Å². The Kier molecular flexibility index (Phi) is 6.35. The van der Waals surface area contributed by atoms with E-state index < -0.39 is 38.0 Å². The minimum atomic E-state index is -3.84. The van der Waals surface area contributed by atoms with Gasteiger partial charge in [0.1, 0.15) is 11.1 Å². The lowest BCUT2D eigenvalue weighted by Crippen LogP contribution is -2.31. The summed E-state index contributed by atoms with van der Waals surface area (Å²) in [6.07, 6.45) is 0.298. The van der Waals surface area contributed by atoms with Crippen LogP contribution in [-0.4, -0.2) is 33.4 Å². The molecule has 5 N–H and O–H groups in total. The lowest BCUT2D eigenvalue weighted by molar-refractivity contribution is -0.118. The number of nitrogens with one attached hydrogen (secondary N) is 3. The molecule has 1 saturated heterocycles. The predicted molar refractivity (Wildman–Crippen MR) is 139 cm³/mol. The van der Waals surface area contributed by atoms with Crippen molar-refractivity contribution in [3.8, 4) is 0 Å². The monoisotopic (exact) mass is 526 g/mol. The Morgan fingerprint density at radius 3 is 2.47 bits per heavy atom. The van der Waals surface area contributed by atoms with E-state index in [0.717, 1.165) is 22.2 Å². The van der Waals surface area contributed by atoms with Gasteiger partial charge >= 0.3 is 0 Å². The number of amides is 1. The summed E-state index contributed by atoms with van der Waals surface area (Å²) in [5.74, 6) is 0.0842. The number of nitrogens with zero attached hydrogens (tertiary/aromatic N) is 1. The maximum absolute atomic E-state index is 13.2. The Morgan fingerprint density at radius 2 is 1.81 bits per heavy atom. The number of para-hydroxylation sites is 2. The Balaban J connectivity index is 1.48. The molecule has 0 unspecified atom stereocenters. The molecular weight excluding hydrogens is 500 g/mol. The molecule has 4 aromatic rings. The molecule has 9 nitrogen and oxygen atoms in total. The molecule has 2 heterocycles. The van der Waals surface area contributed by atoms with Crippen molar-refractivity contribution in [3.63, 3.8) is 0 Å². The van der Waals surface area contributed by atoms with Crippen LogP contribution >= 0.6 is 10.8 Å². The van der Waals surface area contributed by atoms with Gasteiger partial charge in [-0.2, -0.15) is 0 Å². The minimum Gasteiger partial charge on any atom is -0.341 e. The maximum atomic E-state index is 13.2. The van der Waals surface area contributed by atoms with Crippen LogP contribution in [0.1, 0.15) is 40.2 Å². The summed E-state index contributed by atoms with van der Waals surface area (Å²) in [6, 6.07) is 20.4. The lowest BCUT2D eigenvalue weighted by atomic mass is 9.97. The van der Waals surface area contributed by atoms with Crippen molar-refractivity contribution in [1.29, 1.82) is 0 Å². The highest BCUT2D eigenvalue weighted by Gasteiger charge is 2.38. The molecule has 0 saturated carbocycles. The van der Waals surface area contributed by atoms with Crippen molar-refractivity contribution in [2.75, 3.05) is 0 Å². The molecule has 11 heteroatoms. The number of hydrogen-bond donors (Lipinski definition) is 5. The van der Waals surface area contributed by atoms with Crippen LogP contribution in [0.2, 0.25) is 0 Å². The van der Waals surface area contributed by atoms with E-state index in [2.05, 4.69) is 19.4 Å². The van der Waals surface area contributed by atoms with Gasteiger partial charge in [-0.25, -0.2) is 18.1 Å². The zero-order valence-electron chi connectivity index (χ0n) is 19.4. The molecule has 0 spiro atoms. The molecule has 188 valence electrons. The second-order valence-corrected chi connectivity index (χ2v) is 12.5. The number of carbonyl (C=O) groups excluding carboxylic acids is 1. The molecule has 0 aliphatic carbocycles. The van der Waals surface area contributed by atoms with Gasteiger partial charge < -0.3 is 4.98 Å². The molecule has 3 aromatic carbocycles. The van der Waals surface area contributed by atoms with Gasteiger partial charge in [0, 0.05) is 0 Å². The highest BCUT2D eigenvalue weighted by atomic mass is 32.3. The number of H-pyrrole nitrogens is 1. The maximum Gasteiger partial charge on any atom is 0.241 e. The predicted octanol–water partition coefficient (Wildman–Crippen LogP) is 4.36. The van der Waals surface area contributed by atoms with Crippen LogP contribution in [0.25, 0.3) is 11.0 Å². The van der Waals surface area contributed by atoms with Gasteiger partial charge in [-0.05, 0) is 54.3 Å². The summed E-state index contributed by atoms with van der Waals surface area (Å²) < 4.78 is 52.0. The van der Waals surface area contributed by atoms with Gasteiger partial charge in [0.05, 0.1) is 28.4 Å². The van der Waals surface area contributed by atoms with Crippen LogP contribution in [0, 0.1) is 6.92 Å². The zero-order chi connectivity index (χ0) is 25.5. The number of carbonyl (C=O) groups is 1. The smallest absolute Gasteiger partial charge is 0.241 e. The van der Waals surface area contributed by atoms with E-state index in [0.29, 0.717) is 17.8 Å². The van der Waals surface area contributed by atoms with Crippen molar-refractivity contribution in [2.45, 2.75) is 36.0 Å². The summed E-state index contributed by atoms with van der Waals surface area (Å²) in [4.78, 5) is 19.8. The van der Waals surface area contributed by atoms with Crippen molar-refractivity contribution in [2.24, 2.45) is 0 Å². The summed E-state index contributed by atoms with van der Waals surface area (Å²) in [7, 11) is -7.10. The summed E-state index contributed by atoms with van der Waals surface area (Å²) in [5.41, 5.74) is 3.80. The van der Waals surface area contributed by atoms with E-state index in [1.165, 1.54) is 12.1 Å². The van der Waals surface area contributed by atoms with E-state index in [-0.39, 0.29) is 11.3 Å². The van der Waals surface area contributed by atoms with E-state index >= 15 is 0 Å². The van der Waals surface area contributed by atoms with Crippen LogP contribution in [0.5, 0.6) is 0 Å². The number of rotatable bonds is 7. The first-order chi connectivity index (χ1) is 17.1. The number of aromatic amines is 1. The average Bonchev–Trinajstić information content (AvgIpc) is 3.38. The fourth-order valence-corrected chi connectivity index (χ4v) is 7.28. The number of fused-ring (bicyclic) bond motifs is 1. The number of aryl methyl sites for hydroxylation is 1. The van der Waals surface area contributed by atoms with E-state index in [4.69, 9.17) is 0 Å². The van der Waals surface area contributed by atoms with Gasteiger partial charge in [-0.15, -0.1) is 10.8 Å². The first kappa shape index (κ1) is 24.5. The first-order valence-corrected chi connectivity index (χ1v) is 14.4. The zero-order valence-corrected chi connectivity index (χ0v) is 21.0. The number of aromatic nitrogens is 2. The van der Waals surface area contributed by atoms with Crippen molar-refractivity contribution >= 4 is 37.7 Å². The van der Waals surface area contributed by atoms with Crippen molar-refractivity contribution < 1.29 is 22.3 Å². The minimum absolute atomic E-state index is 0.000996. The van der Waals surface area contributed by atoms with E-state index in [1.807, 2.05) is 43.3 Å². The molecule has 36 heavy (non-hydrogen) atoms. The van der Waals surface area contributed by atoms with Crippen LogP contribution in [0.4, 0.5) is 0 Å². The van der Waals surface area contributed by atoms with Gasteiger partial charge in [-0.3, -0.25) is 18.6 Å². The van der Waals surface area contributed by atoms with Gasteiger partial charge in [-0.1, -0.05) is 48.5 Å². The van der Waals surface area contributed by atoms with Crippen LogP contribution in [0.15, 0.2) is 77.7 Å². The molecule has 0 radical (unpaired) electrons. The molecule has 1 aromatic heterocycles. The molecule has 5 rings (SSSR count). The Bertz CT molecular complexity index is 1500. The molecule has 1 fully saturated rings. The highest BCUT2D eigenvalue weighted by molar-refractivity contribution is 8.23. The summed E-state index contributed by atoms with van der Waals surface area (Å²) in [5, 5.41) is -0.721. The highest BCUT2D eigenvalue weighted by Crippen LogP contribution is 2.56. The van der Waals surface area contributed by atoms with E-state index in [1.54, 1.807) is 24.3 Å². The van der Waals surface area contributed by atoms with Gasteiger partial charge in [0.15, 0.2) is 0 Å². The average molecular weight is 527 g/mol. The molecule has 0 bridgehead atoms. The number of benzene rings is 3. The third-order valence-corrected chi connectivity index (χ3v) is 9.47. The number of imidazole rings is 1. The van der Waals surface area contributed by atoms with Gasteiger partial charge in [0.2, 0.25) is 15.9 Å². The second kappa shape index (κ2) is 9.34. The fourth-order valence-electron chi connectivity index (χ4n) is 4.50. The Hall–Kier alpha value is -3.22. The van der Waals surface area contributed by atoms with Crippen LogP contribution in [-0.2, 0) is 21.2 Å². The Labute approximate surface area is 210 Å². The fraction of sp³-hybridized carbons (Fsp3) is 0.200. The van der Waals surface area contributed by atoms with Crippen LogP contribution in [0.3, 0.4) is 0 Å². The second-order valence-electron chi connectivity index (χ2n) is 8.83. The van der Waals surface area contributed by atoms with Crippen molar-refractivity contribution in [3.05, 3.63) is 95.3 Å². The first-order valence-electron chi connectivity index (χ1n) is 11.3. The number of hydrogen-bond acceptors (Lipinski definition) is 6. The standard InChI is InChI=1S/C25H26N4O5S2/c1-16-13-17(11-12-19(16)23-15-24(30)29-36(23,33)34)14-22(25-26-20-9-5-6-10-21(20)27-25)28-35(31,32)18-7-3-2-4-8-18/h2-13,22-23,28,33-34H,14-15H2,1H3,(H,26,27)(H,29,30)/t22-,23-/m0/s1. The summed E-state index contributed by atoms with van der Waals surface area (Å²) >= 11 is 0. The third kappa shape index (κ3) is 4.88. The van der Waals surface area contributed by atoms with Gasteiger partial charge in [0.25, 0.3) is 0 Å². The topological polar surface area (TPSA) is 144 Å². The largest absolute Gasteiger partial charge is 0.341 e. The normalized spacial score (nSPS) is 19.2. The summed E-state index contributed by atoms with van der Waals surface area (Å²) in [6.45, 7) is 1.83. The van der Waals surface area contributed by atoms with Crippen LogP contribution < -0.4 is 9.44 Å². The number of sulfonamides is 1. The molecule has 1 amide bonds. The third-order valence-electron chi connectivity index (χ3n) is 6.24. The Morgan fingerprint density at radius 1 is 1.08 bits per heavy atom. The molecule has 1 aliphatic heterocycles. The van der Waals surface area contributed by atoms with Crippen molar-refractivity contribution in [1.82, 2.24) is 19.4 Å². The molecule has 1 aliphatic rings. The molecular formula is C25H26N4O5S2. The quantitative estimate of drug-likeness (QED) is 0.242. The molecule has 2 atom stereocenters.